The fraction of sp³-hybridized carbons (Fsp3) is 1.00. The van der Waals surface area contributed by atoms with Crippen LogP contribution in [-0.2, 0) is 0 Å². The van der Waals surface area contributed by atoms with E-state index in [1.165, 1.54) is 45.2 Å². The molecule has 0 aromatic rings. The van der Waals surface area contributed by atoms with Crippen LogP contribution in [0.15, 0.2) is 0 Å². The number of rotatable bonds is 4. The van der Waals surface area contributed by atoms with Crippen LogP contribution in [0.1, 0.15) is 46.0 Å². The summed E-state index contributed by atoms with van der Waals surface area (Å²) in [6.45, 7) is 7.26. The second kappa shape index (κ2) is 6.44. The molecule has 1 aliphatic rings. The second-order valence-corrected chi connectivity index (χ2v) is 3.62. The Morgan fingerprint density at radius 3 is 2.58 bits per heavy atom. The van der Waals surface area contributed by atoms with Gasteiger partial charge < -0.3 is 10.4 Å². The predicted octanol–water partition coefficient (Wildman–Crippen LogP) is 1.84. The Hall–Kier alpha value is -0.0800. The first-order chi connectivity index (χ1) is 5.38. The third kappa shape index (κ3) is 3.11. The van der Waals surface area contributed by atoms with Gasteiger partial charge in [0.1, 0.15) is 0 Å². The van der Waals surface area contributed by atoms with Crippen LogP contribution in [0.2, 0.25) is 0 Å². The van der Waals surface area contributed by atoms with Gasteiger partial charge in [0, 0.05) is 6.04 Å². The van der Waals surface area contributed by atoms with Gasteiger partial charge in [0.15, 0.2) is 0 Å². The van der Waals surface area contributed by atoms with Gasteiger partial charge in [-0.15, -0.1) is 0 Å². The molecule has 1 aliphatic heterocycles. The normalized spacial score (nSPS) is 24.0. The van der Waals surface area contributed by atoms with E-state index < -0.39 is 0 Å². The summed E-state index contributed by atoms with van der Waals surface area (Å²) >= 11 is 0. The second-order valence-electron chi connectivity index (χ2n) is 3.62. The average Bonchev–Trinajstić information content (AvgIpc) is 2.39. The Morgan fingerprint density at radius 1 is 1.25 bits per heavy atom. The quantitative estimate of drug-likeness (QED) is 0.638. The highest BCUT2D eigenvalue weighted by molar-refractivity contribution is 4.77. The summed E-state index contributed by atoms with van der Waals surface area (Å²) in [5.74, 6) is 0. The zero-order valence-electron chi connectivity index (χ0n) is 8.47. The van der Waals surface area contributed by atoms with Crippen LogP contribution in [-0.4, -0.2) is 29.5 Å². The van der Waals surface area contributed by atoms with Crippen molar-refractivity contribution in [2.75, 3.05) is 13.1 Å². The summed E-state index contributed by atoms with van der Waals surface area (Å²) in [7, 11) is 0. The highest BCUT2D eigenvalue weighted by atomic mass is 16.0. The first-order valence-electron chi connectivity index (χ1n) is 5.12. The molecule has 2 heteroatoms. The smallest absolute Gasteiger partial charge is 0.00956 e. The zero-order chi connectivity index (χ0) is 8.10. The Bertz CT molecular complexity index is 94.0. The molecule has 2 N–H and O–H groups in total. The molecule has 0 spiro atoms. The van der Waals surface area contributed by atoms with Crippen LogP contribution in [0.5, 0.6) is 0 Å². The fourth-order valence-corrected chi connectivity index (χ4v) is 2.14. The Labute approximate surface area is 76.3 Å². The molecule has 0 bridgehead atoms. The molecule has 1 unspecified atom stereocenters. The molecule has 0 radical (unpaired) electrons. The number of nitrogens with zero attached hydrogens (tertiary/aromatic N) is 1. The van der Waals surface area contributed by atoms with Gasteiger partial charge in [-0.05, 0) is 38.8 Å². The van der Waals surface area contributed by atoms with Gasteiger partial charge in [0.25, 0.3) is 0 Å². The molecule has 0 saturated carbocycles. The first-order valence-corrected chi connectivity index (χ1v) is 5.12. The van der Waals surface area contributed by atoms with Crippen LogP contribution in [0.4, 0.5) is 0 Å². The van der Waals surface area contributed by atoms with Crippen molar-refractivity contribution in [3.63, 3.8) is 0 Å². The molecule has 0 aromatic heterocycles. The van der Waals surface area contributed by atoms with Crippen molar-refractivity contribution in [3.8, 4) is 0 Å². The molecule has 0 aromatic carbocycles. The topological polar surface area (TPSA) is 34.7 Å². The number of likely N-dealkylation sites (tertiary alicyclic amines) is 1. The molecule has 74 valence electrons. The lowest BCUT2D eigenvalue weighted by Gasteiger charge is -2.23. The summed E-state index contributed by atoms with van der Waals surface area (Å²) in [6.07, 6.45) is 6.98. The third-order valence-corrected chi connectivity index (χ3v) is 2.63. The van der Waals surface area contributed by atoms with E-state index in [0.29, 0.717) is 0 Å². The number of hydrogen-bond acceptors (Lipinski definition) is 1. The molecule has 1 heterocycles. The van der Waals surface area contributed by atoms with E-state index in [-0.39, 0.29) is 5.48 Å². The Balaban J connectivity index is 0.00000121. The molecule has 1 saturated heterocycles. The zero-order valence-corrected chi connectivity index (χ0v) is 8.47. The molecule has 1 rings (SSSR count). The van der Waals surface area contributed by atoms with Crippen LogP contribution < -0.4 is 0 Å². The monoisotopic (exact) mass is 173 g/mol. The van der Waals surface area contributed by atoms with Crippen LogP contribution in [0.25, 0.3) is 0 Å². The standard InChI is InChI=1S/C10H21N.H2O/c1-3-6-10-7-5-9-11(10)8-4-2;/h10H,3-9H2,1-2H3;1H2. The Kier molecular flexibility index (Phi) is 6.39. The summed E-state index contributed by atoms with van der Waals surface area (Å²) in [6, 6.07) is 0.931. The van der Waals surface area contributed by atoms with E-state index in [4.69, 9.17) is 0 Å². The van der Waals surface area contributed by atoms with Gasteiger partial charge in [0.2, 0.25) is 0 Å². The van der Waals surface area contributed by atoms with Crippen molar-refractivity contribution >= 4 is 0 Å². The molecule has 2 nitrogen and oxygen atoms in total. The van der Waals surface area contributed by atoms with Crippen LogP contribution in [0, 0.1) is 0 Å². The number of hydrogen-bond donors (Lipinski definition) is 0. The molecule has 1 fully saturated rings. The summed E-state index contributed by atoms with van der Waals surface area (Å²) in [5.41, 5.74) is 0. The highest BCUT2D eigenvalue weighted by Gasteiger charge is 2.21. The van der Waals surface area contributed by atoms with Crippen molar-refractivity contribution in [1.29, 1.82) is 0 Å². The van der Waals surface area contributed by atoms with Crippen molar-refractivity contribution in [1.82, 2.24) is 4.90 Å². The lowest BCUT2D eigenvalue weighted by molar-refractivity contribution is 0.242. The maximum Gasteiger partial charge on any atom is 0.00956 e. The summed E-state index contributed by atoms with van der Waals surface area (Å²) in [5, 5.41) is 0. The molecule has 0 aliphatic carbocycles. The average molecular weight is 173 g/mol. The maximum atomic E-state index is 2.67. The molecule has 1 atom stereocenters. The minimum atomic E-state index is 0. The van der Waals surface area contributed by atoms with Crippen molar-refractivity contribution in [2.24, 2.45) is 0 Å². The lowest BCUT2D eigenvalue weighted by atomic mass is 10.1. The van der Waals surface area contributed by atoms with E-state index in [0.717, 1.165) is 6.04 Å². The van der Waals surface area contributed by atoms with E-state index in [1.807, 2.05) is 0 Å². The van der Waals surface area contributed by atoms with Gasteiger partial charge >= 0.3 is 0 Å². The summed E-state index contributed by atoms with van der Waals surface area (Å²) in [4.78, 5) is 2.67. The highest BCUT2D eigenvalue weighted by Crippen LogP contribution is 2.20. The van der Waals surface area contributed by atoms with Crippen molar-refractivity contribution < 1.29 is 5.48 Å². The Morgan fingerprint density at radius 2 is 2.00 bits per heavy atom. The van der Waals surface area contributed by atoms with E-state index >= 15 is 0 Å². The first kappa shape index (κ1) is 11.9. The van der Waals surface area contributed by atoms with E-state index in [1.54, 1.807) is 0 Å². The minimum Gasteiger partial charge on any atom is -0.412 e. The van der Waals surface area contributed by atoms with E-state index in [9.17, 15) is 0 Å². The van der Waals surface area contributed by atoms with Crippen molar-refractivity contribution in [2.45, 2.75) is 52.0 Å². The SMILES string of the molecule is CCCC1CCCN1CCC.O. The van der Waals surface area contributed by atoms with Crippen LogP contribution >= 0.6 is 0 Å². The third-order valence-electron chi connectivity index (χ3n) is 2.63. The molecular weight excluding hydrogens is 150 g/mol. The van der Waals surface area contributed by atoms with Gasteiger partial charge in [-0.1, -0.05) is 20.3 Å². The van der Waals surface area contributed by atoms with Gasteiger partial charge in [-0.3, -0.25) is 0 Å². The maximum absolute atomic E-state index is 2.67. The van der Waals surface area contributed by atoms with Gasteiger partial charge in [-0.2, -0.15) is 0 Å². The van der Waals surface area contributed by atoms with Crippen LogP contribution in [0.3, 0.4) is 0 Å². The largest absolute Gasteiger partial charge is 0.412 e. The van der Waals surface area contributed by atoms with E-state index in [2.05, 4.69) is 18.7 Å². The predicted molar refractivity (Wildman–Crippen MR) is 53.4 cm³/mol. The molecule has 12 heavy (non-hydrogen) atoms. The molecule has 0 amide bonds. The van der Waals surface area contributed by atoms with Gasteiger partial charge in [0.05, 0.1) is 0 Å². The van der Waals surface area contributed by atoms with Crippen molar-refractivity contribution in [3.05, 3.63) is 0 Å². The lowest BCUT2D eigenvalue weighted by Crippen LogP contribution is -2.29. The molecular formula is C10H23NO. The summed E-state index contributed by atoms with van der Waals surface area (Å²) < 4.78 is 0. The fourth-order valence-electron chi connectivity index (χ4n) is 2.14. The van der Waals surface area contributed by atoms with Gasteiger partial charge in [-0.25, -0.2) is 0 Å². The minimum absolute atomic E-state index is 0.